The number of amides is 1. The predicted octanol–water partition coefficient (Wildman–Crippen LogP) is 2.24. The number of nitro groups is 1. The van der Waals surface area contributed by atoms with Gasteiger partial charge in [0.1, 0.15) is 11.4 Å². The average molecular weight is 386 g/mol. The van der Waals surface area contributed by atoms with Crippen molar-refractivity contribution in [3.63, 3.8) is 0 Å². The van der Waals surface area contributed by atoms with E-state index in [1.807, 2.05) is 0 Å². The number of benzene rings is 1. The second-order valence-corrected chi connectivity index (χ2v) is 6.80. The minimum absolute atomic E-state index is 0.0165. The minimum Gasteiger partial charge on any atom is -0.452 e. The van der Waals surface area contributed by atoms with Crippen molar-refractivity contribution in [3.8, 4) is 0 Å². The van der Waals surface area contributed by atoms with Crippen molar-refractivity contribution < 1.29 is 19.2 Å². The van der Waals surface area contributed by atoms with Crippen LogP contribution < -0.4 is 0 Å². The summed E-state index contributed by atoms with van der Waals surface area (Å²) < 4.78 is 6.67. The van der Waals surface area contributed by atoms with E-state index in [9.17, 15) is 19.7 Å². The van der Waals surface area contributed by atoms with Gasteiger partial charge in [-0.3, -0.25) is 19.6 Å². The quantitative estimate of drug-likeness (QED) is 0.428. The van der Waals surface area contributed by atoms with Gasteiger partial charge in [0.05, 0.1) is 17.0 Å². The summed E-state index contributed by atoms with van der Waals surface area (Å²) in [6.07, 6.45) is 1.97. The summed E-state index contributed by atoms with van der Waals surface area (Å²) >= 11 is 0. The molecule has 9 nitrogen and oxygen atoms in total. The van der Waals surface area contributed by atoms with Crippen LogP contribution in [-0.4, -0.2) is 51.2 Å². The van der Waals surface area contributed by atoms with Crippen LogP contribution in [0.2, 0.25) is 0 Å². The molecule has 0 atom stereocenters. The van der Waals surface area contributed by atoms with Crippen LogP contribution in [0.25, 0.3) is 0 Å². The molecule has 0 spiro atoms. The van der Waals surface area contributed by atoms with Crippen molar-refractivity contribution in [2.45, 2.75) is 33.2 Å². The van der Waals surface area contributed by atoms with Crippen molar-refractivity contribution in [3.05, 3.63) is 56.9 Å². The second kappa shape index (κ2) is 8.20. The first kappa shape index (κ1) is 19.5. The number of esters is 1. The summed E-state index contributed by atoms with van der Waals surface area (Å²) in [7, 11) is 0. The average Bonchev–Trinajstić information content (AvgIpc) is 3.29. The highest BCUT2D eigenvalue weighted by Gasteiger charge is 2.22. The third-order valence-electron chi connectivity index (χ3n) is 4.83. The van der Waals surface area contributed by atoms with Gasteiger partial charge >= 0.3 is 11.7 Å². The molecule has 0 N–H and O–H groups in total. The monoisotopic (exact) mass is 386 g/mol. The number of rotatable bonds is 6. The molecule has 2 heterocycles. The van der Waals surface area contributed by atoms with E-state index in [4.69, 9.17) is 4.74 Å². The number of likely N-dealkylation sites (tertiary alicyclic amines) is 1. The molecule has 1 aliphatic rings. The molecule has 3 rings (SSSR count). The highest BCUT2D eigenvalue weighted by atomic mass is 16.6. The molecule has 0 aliphatic carbocycles. The van der Waals surface area contributed by atoms with Crippen LogP contribution in [0.1, 0.15) is 40.2 Å². The van der Waals surface area contributed by atoms with Gasteiger partial charge < -0.3 is 9.64 Å². The number of ether oxygens (including phenoxy) is 1. The van der Waals surface area contributed by atoms with Crippen LogP contribution in [-0.2, 0) is 16.1 Å². The Labute approximate surface area is 162 Å². The predicted molar refractivity (Wildman–Crippen MR) is 100.0 cm³/mol. The Bertz CT molecular complexity index is 898. The van der Waals surface area contributed by atoms with Crippen molar-refractivity contribution in [1.29, 1.82) is 0 Å². The molecule has 0 bridgehead atoms. The molecular weight excluding hydrogens is 364 g/mol. The van der Waals surface area contributed by atoms with Crippen molar-refractivity contribution >= 4 is 17.6 Å². The molecule has 1 aromatic heterocycles. The van der Waals surface area contributed by atoms with Gasteiger partial charge in [-0.25, -0.2) is 4.79 Å². The van der Waals surface area contributed by atoms with E-state index in [1.54, 1.807) is 47.7 Å². The number of hydrogen-bond donors (Lipinski definition) is 0. The highest BCUT2D eigenvalue weighted by molar-refractivity contribution is 5.91. The number of carbonyl (C=O) groups is 2. The lowest BCUT2D eigenvalue weighted by molar-refractivity contribution is -0.386. The zero-order chi connectivity index (χ0) is 20.3. The van der Waals surface area contributed by atoms with E-state index in [0.29, 0.717) is 23.5 Å². The first-order valence-electron chi connectivity index (χ1n) is 9.09. The first-order chi connectivity index (χ1) is 13.4. The van der Waals surface area contributed by atoms with Gasteiger partial charge in [0.25, 0.3) is 5.91 Å². The lowest BCUT2D eigenvalue weighted by Crippen LogP contribution is -2.32. The van der Waals surface area contributed by atoms with Crippen LogP contribution in [0.15, 0.2) is 24.3 Å². The number of aromatic nitrogens is 2. The van der Waals surface area contributed by atoms with Gasteiger partial charge in [-0.2, -0.15) is 5.10 Å². The molecule has 0 saturated carbocycles. The third-order valence-corrected chi connectivity index (χ3v) is 4.83. The smallest absolute Gasteiger partial charge is 0.338 e. The Kier molecular flexibility index (Phi) is 5.72. The first-order valence-corrected chi connectivity index (χ1v) is 9.09. The van der Waals surface area contributed by atoms with E-state index in [1.165, 1.54) is 0 Å². The lowest BCUT2D eigenvalue weighted by Gasteiger charge is -2.14. The minimum atomic E-state index is -0.555. The second-order valence-electron chi connectivity index (χ2n) is 6.80. The molecule has 1 aromatic carbocycles. The zero-order valence-corrected chi connectivity index (χ0v) is 15.9. The van der Waals surface area contributed by atoms with E-state index in [-0.39, 0.29) is 18.2 Å². The molecule has 2 aromatic rings. The molecular formula is C19H22N4O5. The maximum atomic E-state index is 12.1. The van der Waals surface area contributed by atoms with E-state index in [0.717, 1.165) is 31.5 Å². The zero-order valence-electron chi connectivity index (χ0n) is 15.9. The fourth-order valence-corrected chi connectivity index (χ4v) is 3.29. The summed E-state index contributed by atoms with van der Waals surface area (Å²) in [6.45, 7) is 4.79. The summed E-state index contributed by atoms with van der Waals surface area (Å²) in [5.41, 5.74) is 2.04. The van der Waals surface area contributed by atoms with Crippen LogP contribution in [0, 0.1) is 24.0 Å². The van der Waals surface area contributed by atoms with Gasteiger partial charge in [-0.1, -0.05) is 12.1 Å². The van der Waals surface area contributed by atoms with Crippen molar-refractivity contribution in [2.75, 3.05) is 19.7 Å². The molecule has 1 saturated heterocycles. The van der Waals surface area contributed by atoms with Crippen molar-refractivity contribution in [2.24, 2.45) is 0 Å². The molecule has 1 fully saturated rings. The molecule has 9 heteroatoms. The van der Waals surface area contributed by atoms with Gasteiger partial charge in [-0.05, 0) is 44.4 Å². The fraction of sp³-hybridized carbons (Fsp3) is 0.421. The largest absolute Gasteiger partial charge is 0.452 e. The maximum absolute atomic E-state index is 12.1. The van der Waals surface area contributed by atoms with Crippen molar-refractivity contribution in [1.82, 2.24) is 14.7 Å². The van der Waals surface area contributed by atoms with E-state index < -0.39 is 10.9 Å². The van der Waals surface area contributed by atoms with Gasteiger partial charge in [0, 0.05) is 13.1 Å². The van der Waals surface area contributed by atoms with Crippen LogP contribution in [0.4, 0.5) is 5.69 Å². The van der Waals surface area contributed by atoms with E-state index >= 15 is 0 Å². The standard InChI is InChI=1S/C19H22N4O5/c1-13-18(23(26)27)14(2)22(20-13)11-15-5-7-16(8-6-15)19(25)28-12-17(24)21-9-3-4-10-21/h5-8H,3-4,9-12H2,1-2H3. The van der Waals surface area contributed by atoms with Gasteiger partial charge in [0.15, 0.2) is 6.61 Å². The number of aryl methyl sites for hydroxylation is 1. The summed E-state index contributed by atoms with van der Waals surface area (Å²) in [6, 6.07) is 6.69. The fourth-order valence-electron chi connectivity index (χ4n) is 3.29. The molecule has 1 amide bonds. The Balaban J connectivity index is 1.60. The molecule has 0 unspecified atom stereocenters. The van der Waals surface area contributed by atoms with Crippen LogP contribution in [0.3, 0.4) is 0 Å². The summed E-state index contributed by atoms with van der Waals surface area (Å²) in [5.74, 6) is -0.727. The summed E-state index contributed by atoms with van der Waals surface area (Å²) in [5, 5.41) is 15.3. The molecule has 0 radical (unpaired) electrons. The summed E-state index contributed by atoms with van der Waals surface area (Å²) in [4.78, 5) is 36.4. The molecule has 148 valence electrons. The Morgan fingerprint density at radius 1 is 1.18 bits per heavy atom. The Morgan fingerprint density at radius 2 is 1.82 bits per heavy atom. The SMILES string of the molecule is Cc1nn(Cc2ccc(C(=O)OCC(=O)N3CCCC3)cc2)c(C)c1[N+](=O)[O-]. The number of nitrogens with zero attached hydrogens (tertiary/aromatic N) is 4. The normalized spacial score (nSPS) is 13.6. The number of hydrogen-bond acceptors (Lipinski definition) is 6. The molecule has 1 aliphatic heterocycles. The Hall–Kier alpha value is -3.23. The van der Waals surface area contributed by atoms with Crippen LogP contribution >= 0.6 is 0 Å². The maximum Gasteiger partial charge on any atom is 0.338 e. The van der Waals surface area contributed by atoms with Gasteiger partial charge in [-0.15, -0.1) is 0 Å². The van der Waals surface area contributed by atoms with Gasteiger partial charge in [0.2, 0.25) is 0 Å². The topological polar surface area (TPSA) is 108 Å². The third kappa shape index (κ3) is 4.19. The highest BCUT2D eigenvalue weighted by Crippen LogP contribution is 2.22. The lowest BCUT2D eigenvalue weighted by atomic mass is 10.1. The van der Waals surface area contributed by atoms with Crippen LogP contribution in [0.5, 0.6) is 0 Å². The molecule has 28 heavy (non-hydrogen) atoms. The van der Waals surface area contributed by atoms with E-state index in [2.05, 4.69) is 5.10 Å². The Morgan fingerprint density at radius 3 is 2.39 bits per heavy atom. The number of carbonyl (C=O) groups excluding carboxylic acids is 2.